The molecular formula is C21H24N2O6S. The molecule has 0 bridgehead atoms. The van der Waals surface area contributed by atoms with Crippen LogP contribution in [0.5, 0.6) is 23.0 Å². The molecule has 0 saturated heterocycles. The van der Waals surface area contributed by atoms with Crippen LogP contribution in [-0.4, -0.2) is 52.6 Å². The lowest BCUT2D eigenvalue weighted by molar-refractivity contribution is 0.0993. The summed E-state index contributed by atoms with van der Waals surface area (Å²) >= 11 is 1.38. The topological polar surface area (TPSA) is 80.5 Å². The van der Waals surface area contributed by atoms with Crippen LogP contribution < -0.4 is 23.7 Å². The first-order valence-corrected chi connectivity index (χ1v) is 9.93. The molecule has 0 atom stereocenters. The molecule has 1 heterocycles. The Morgan fingerprint density at radius 3 is 2.30 bits per heavy atom. The summed E-state index contributed by atoms with van der Waals surface area (Å²) in [7, 11) is 7.81. The molecule has 160 valence electrons. The van der Waals surface area contributed by atoms with Crippen LogP contribution in [0.3, 0.4) is 0 Å². The number of carbonyl (C=O) groups is 1. The highest BCUT2D eigenvalue weighted by molar-refractivity contribution is 7.16. The molecule has 1 amide bonds. The minimum atomic E-state index is -0.428. The van der Waals surface area contributed by atoms with E-state index in [1.807, 2.05) is 16.7 Å². The van der Waals surface area contributed by atoms with E-state index in [1.54, 1.807) is 39.5 Å². The number of ether oxygens (including phenoxy) is 5. The van der Waals surface area contributed by atoms with E-state index < -0.39 is 5.91 Å². The van der Waals surface area contributed by atoms with Gasteiger partial charge < -0.3 is 28.3 Å². The number of carbonyl (C=O) groups excluding carboxylic acids is 1. The predicted octanol–water partition coefficient (Wildman–Crippen LogP) is 3.12. The highest BCUT2D eigenvalue weighted by Crippen LogP contribution is 2.34. The second-order valence-corrected chi connectivity index (χ2v) is 7.17. The zero-order valence-electron chi connectivity index (χ0n) is 17.6. The number of amides is 1. The van der Waals surface area contributed by atoms with Crippen molar-refractivity contribution >= 4 is 27.5 Å². The summed E-state index contributed by atoms with van der Waals surface area (Å²) in [6.07, 6.45) is 0. The van der Waals surface area contributed by atoms with E-state index in [-0.39, 0.29) is 0 Å². The number of benzene rings is 2. The van der Waals surface area contributed by atoms with Crippen LogP contribution in [0.15, 0.2) is 35.3 Å². The molecule has 1 aromatic heterocycles. The molecule has 0 N–H and O–H groups in total. The fraction of sp³-hybridized carbons (Fsp3) is 0.333. The lowest BCUT2D eigenvalue weighted by Gasteiger charge is -2.10. The van der Waals surface area contributed by atoms with Gasteiger partial charge in [0.05, 0.1) is 50.8 Å². The number of rotatable bonds is 8. The molecule has 0 aliphatic rings. The molecule has 9 heteroatoms. The van der Waals surface area contributed by atoms with Crippen LogP contribution >= 0.6 is 11.3 Å². The van der Waals surface area contributed by atoms with Gasteiger partial charge in [-0.2, -0.15) is 4.99 Å². The minimum Gasteiger partial charge on any atom is -0.493 e. The molecule has 0 fully saturated rings. The third-order valence-corrected chi connectivity index (χ3v) is 5.58. The van der Waals surface area contributed by atoms with Gasteiger partial charge in [-0.25, -0.2) is 0 Å². The standard InChI is InChI=1S/C21H24N2O6S/c1-25-10-9-23-14-11-16(27-3)17(28-4)12-18(14)30-21(23)22-20(24)13-7-6-8-15(26-2)19(13)29-5/h6-8,11-12H,9-10H2,1-5H3. The van der Waals surface area contributed by atoms with E-state index in [0.717, 1.165) is 10.2 Å². The van der Waals surface area contributed by atoms with Crippen molar-refractivity contribution in [1.29, 1.82) is 0 Å². The van der Waals surface area contributed by atoms with E-state index in [4.69, 9.17) is 23.7 Å². The Morgan fingerprint density at radius 1 is 0.967 bits per heavy atom. The maximum absolute atomic E-state index is 13.0. The molecular weight excluding hydrogens is 408 g/mol. The third kappa shape index (κ3) is 4.12. The minimum absolute atomic E-state index is 0.322. The summed E-state index contributed by atoms with van der Waals surface area (Å²) in [6, 6.07) is 8.86. The van der Waals surface area contributed by atoms with Crippen LogP contribution in [0.4, 0.5) is 0 Å². The van der Waals surface area contributed by atoms with Gasteiger partial charge in [-0.15, -0.1) is 0 Å². The first-order valence-electron chi connectivity index (χ1n) is 9.12. The van der Waals surface area contributed by atoms with Crippen LogP contribution in [-0.2, 0) is 11.3 Å². The molecule has 30 heavy (non-hydrogen) atoms. The SMILES string of the molecule is COCCn1c(=NC(=O)c2cccc(OC)c2OC)sc2cc(OC)c(OC)cc21. The molecule has 0 spiro atoms. The van der Waals surface area contributed by atoms with Crippen molar-refractivity contribution in [3.05, 3.63) is 40.7 Å². The normalized spacial score (nSPS) is 11.6. The Bertz CT molecular complexity index is 1120. The quantitative estimate of drug-likeness (QED) is 0.544. The zero-order chi connectivity index (χ0) is 21.7. The van der Waals surface area contributed by atoms with Gasteiger partial charge in [0.15, 0.2) is 27.8 Å². The first kappa shape index (κ1) is 21.7. The van der Waals surface area contributed by atoms with Gasteiger partial charge >= 0.3 is 0 Å². The fourth-order valence-electron chi connectivity index (χ4n) is 3.08. The Hall–Kier alpha value is -3.04. The second-order valence-electron chi connectivity index (χ2n) is 6.16. The molecule has 0 saturated carbocycles. The van der Waals surface area contributed by atoms with Gasteiger partial charge in [0.1, 0.15) is 0 Å². The summed E-state index contributed by atoms with van der Waals surface area (Å²) in [5.74, 6) is 1.60. The number of fused-ring (bicyclic) bond motifs is 1. The van der Waals surface area contributed by atoms with Crippen LogP contribution in [0.2, 0.25) is 0 Å². The molecule has 2 aromatic carbocycles. The van der Waals surface area contributed by atoms with Crippen molar-refractivity contribution in [2.24, 2.45) is 4.99 Å². The van der Waals surface area contributed by atoms with Gasteiger partial charge in [-0.3, -0.25) is 4.79 Å². The Morgan fingerprint density at radius 2 is 1.67 bits per heavy atom. The first-order chi connectivity index (χ1) is 14.6. The van der Waals surface area contributed by atoms with Gasteiger partial charge in [0, 0.05) is 25.8 Å². The lowest BCUT2D eigenvalue weighted by atomic mass is 10.2. The van der Waals surface area contributed by atoms with Crippen molar-refractivity contribution in [2.75, 3.05) is 42.2 Å². The molecule has 0 radical (unpaired) electrons. The Kier molecular flexibility index (Phi) is 6.96. The van der Waals surface area contributed by atoms with E-state index in [9.17, 15) is 4.79 Å². The Balaban J connectivity index is 2.19. The summed E-state index contributed by atoms with van der Waals surface area (Å²) in [4.78, 5) is 17.9. The third-order valence-electron chi connectivity index (χ3n) is 4.54. The van der Waals surface area contributed by atoms with Crippen molar-refractivity contribution in [1.82, 2.24) is 4.57 Å². The van der Waals surface area contributed by atoms with Crippen molar-refractivity contribution in [3.8, 4) is 23.0 Å². The summed E-state index contributed by atoms with van der Waals surface area (Å²) in [5, 5.41) is 0. The maximum atomic E-state index is 13.0. The number of methoxy groups -OCH3 is 5. The molecule has 3 aromatic rings. The van der Waals surface area contributed by atoms with Crippen molar-refractivity contribution < 1.29 is 28.5 Å². The number of para-hydroxylation sites is 1. The van der Waals surface area contributed by atoms with E-state index in [1.165, 1.54) is 25.6 Å². The smallest absolute Gasteiger partial charge is 0.283 e. The average Bonchev–Trinajstić information content (AvgIpc) is 3.11. The lowest BCUT2D eigenvalue weighted by Crippen LogP contribution is -2.19. The largest absolute Gasteiger partial charge is 0.493 e. The van der Waals surface area contributed by atoms with Crippen molar-refractivity contribution in [3.63, 3.8) is 0 Å². The highest BCUT2D eigenvalue weighted by Gasteiger charge is 2.18. The van der Waals surface area contributed by atoms with Crippen LogP contribution in [0, 0.1) is 0 Å². The Labute approximate surface area is 178 Å². The summed E-state index contributed by atoms with van der Waals surface area (Å²) < 4.78 is 29.6. The monoisotopic (exact) mass is 432 g/mol. The van der Waals surface area contributed by atoms with E-state index >= 15 is 0 Å². The predicted molar refractivity (Wildman–Crippen MR) is 114 cm³/mol. The van der Waals surface area contributed by atoms with E-state index in [0.29, 0.717) is 46.5 Å². The highest BCUT2D eigenvalue weighted by atomic mass is 32.1. The average molecular weight is 432 g/mol. The maximum Gasteiger partial charge on any atom is 0.283 e. The molecule has 0 aliphatic heterocycles. The number of thiazole rings is 1. The number of hydrogen-bond donors (Lipinski definition) is 0. The molecule has 0 aliphatic carbocycles. The van der Waals surface area contributed by atoms with Gasteiger partial charge in [0.25, 0.3) is 5.91 Å². The van der Waals surface area contributed by atoms with Gasteiger partial charge in [0.2, 0.25) is 0 Å². The molecule has 8 nitrogen and oxygen atoms in total. The van der Waals surface area contributed by atoms with Crippen molar-refractivity contribution in [2.45, 2.75) is 6.54 Å². The van der Waals surface area contributed by atoms with E-state index in [2.05, 4.69) is 4.99 Å². The molecule has 3 rings (SSSR count). The zero-order valence-corrected chi connectivity index (χ0v) is 18.4. The fourth-order valence-corrected chi connectivity index (χ4v) is 4.15. The molecule has 0 unspecified atom stereocenters. The number of hydrogen-bond acceptors (Lipinski definition) is 7. The summed E-state index contributed by atoms with van der Waals surface area (Å²) in [6.45, 7) is 0.984. The van der Waals surface area contributed by atoms with Crippen LogP contribution in [0.1, 0.15) is 10.4 Å². The number of aromatic nitrogens is 1. The number of nitrogens with zero attached hydrogens (tertiary/aromatic N) is 2. The van der Waals surface area contributed by atoms with Gasteiger partial charge in [-0.1, -0.05) is 17.4 Å². The van der Waals surface area contributed by atoms with Crippen LogP contribution in [0.25, 0.3) is 10.2 Å². The van der Waals surface area contributed by atoms with Gasteiger partial charge in [-0.05, 0) is 12.1 Å². The summed E-state index contributed by atoms with van der Waals surface area (Å²) in [5.41, 5.74) is 1.20. The second kappa shape index (κ2) is 9.64.